The molecule has 13 heavy (non-hydrogen) atoms. The highest BCUT2D eigenvalue weighted by Gasteiger charge is 2.51. The molecule has 0 saturated heterocycles. The van der Waals surface area contributed by atoms with Gasteiger partial charge in [-0.3, -0.25) is 4.79 Å². The van der Waals surface area contributed by atoms with Crippen LogP contribution in [0.5, 0.6) is 0 Å². The van der Waals surface area contributed by atoms with Gasteiger partial charge in [0.05, 0.1) is 4.88 Å². The third-order valence-corrected chi connectivity index (χ3v) is 4.52. The van der Waals surface area contributed by atoms with E-state index in [-0.39, 0.29) is 11.3 Å². The molecule has 1 aliphatic carbocycles. The first kappa shape index (κ1) is 9.41. The molecule has 1 aromatic heterocycles. The van der Waals surface area contributed by atoms with E-state index in [9.17, 15) is 4.79 Å². The molecule has 70 valence electrons. The summed E-state index contributed by atoms with van der Waals surface area (Å²) < 4.78 is 0.949. The summed E-state index contributed by atoms with van der Waals surface area (Å²) in [6.07, 6.45) is 1.04. The summed E-state index contributed by atoms with van der Waals surface area (Å²) in [5.41, 5.74) is 0.237. The molecular weight excluding hydrogens is 248 g/mol. The van der Waals surface area contributed by atoms with E-state index in [1.165, 1.54) is 11.3 Å². The quantitative estimate of drug-likeness (QED) is 0.739. The van der Waals surface area contributed by atoms with Gasteiger partial charge in [0.1, 0.15) is 0 Å². The van der Waals surface area contributed by atoms with Gasteiger partial charge in [0.25, 0.3) is 0 Å². The molecule has 0 N–H and O–H groups in total. The van der Waals surface area contributed by atoms with Crippen molar-refractivity contribution in [1.29, 1.82) is 0 Å². The lowest BCUT2D eigenvalue weighted by molar-refractivity contribution is 0.0956. The zero-order chi connectivity index (χ0) is 9.64. The maximum Gasteiger partial charge on any atom is 0.177 e. The van der Waals surface area contributed by atoms with Gasteiger partial charge in [-0.25, -0.2) is 0 Å². The Balaban J connectivity index is 2.21. The van der Waals surface area contributed by atoms with Crippen LogP contribution in [-0.2, 0) is 0 Å². The smallest absolute Gasteiger partial charge is 0.177 e. The molecule has 1 aliphatic rings. The second kappa shape index (κ2) is 2.92. The van der Waals surface area contributed by atoms with E-state index in [2.05, 4.69) is 29.8 Å². The molecule has 1 atom stereocenters. The lowest BCUT2D eigenvalue weighted by Crippen LogP contribution is -2.04. The van der Waals surface area contributed by atoms with Crippen LogP contribution in [0.2, 0.25) is 0 Å². The van der Waals surface area contributed by atoms with Crippen molar-refractivity contribution < 1.29 is 4.79 Å². The third kappa shape index (κ3) is 1.59. The predicted octanol–water partition coefficient (Wildman–Crippen LogP) is 3.74. The number of thiophene rings is 1. The molecule has 0 amide bonds. The standard InChI is InChI=1S/C10H11BrOS/c1-10(2)5-6(10)8(12)9-7(11)3-4-13-9/h3-4,6H,5H2,1-2H3. The van der Waals surface area contributed by atoms with Crippen LogP contribution in [0.1, 0.15) is 29.9 Å². The maximum atomic E-state index is 11.9. The van der Waals surface area contributed by atoms with Crippen LogP contribution in [0.3, 0.4) is 0 Å². The molecule has 1 fully saturated rings. The largest absolute Gasteiger partial charge is 0.293 e. The minimum Gasteiger partial charge on any atom is -0.293 e. The number of carbonyl (C=O) groups excluding carboxylic acids is 1. The fourth-order valence-corrected chi connectivity index (χ4v) is 3.10. The molecule has 2 rings (SSSR count). The van der Waals surface area contributed by atoms with Crippen molar-refractivity contribution in [2.24, 2.45) is 11.3 Å². The predicted molar refractivity (Wildman–Crippen MR) is 58.2 cm³/mol. The van der Waals surface area contributed by atoms with Crippen LogP contribution in [0.4, 0.5) is 0 Å². The van der Waals surface area contributed by atoms with E-state index in [4.69, 9.17) is 0 Å². The minimum absolute atomic E-state index is 0.237. The Morgan fingerprint density at radius 3 is 2.69 bits per heavy atom. The maximum absolute atomic E-state index is 11.9. The lowest BCUT2D eigenvalue weighted by atomic mass is 10.1. The van der Waals surface area contributed by atoms with Crippen LogP contribution in [0.15, 0.2) is 15.9 Å². The van der Waals surface area contributed by atoms with Gasteiger partial charge in [0, 0.05) is 10.4 Å². The summed E-state index contributed by atoms with van der Waals surface area (Å²) in [5.74, 6) is 0.564. The first-order valence-corrected chi connectivity index (χ1v) is 5.97. The second-order valence-electron chi connectivity index (χ2n) is 4.21. The molecule has 1 heterocycles. The number of carbonyl (C=O) groups is 1. The molecule has 0 aromatic carbocycles. The number of Topliss-reactive ketones (excluding diaryl/α,β-unsaturated/α-hetero) is 1. The summed E-state index contributed by atoms with van der Waals surface area (Å²) >= 11 is 4.92. The average molecular weight is 259 g/mol. The van der Waals surface area contributed by atoms with Crippen LogP contribution in [0, 0.1) is 11.3 Å². The van der Waals surface area contributed by atoms with Crippen LogP contribution >= 0.6 is 27.3 Å². The number of hydrogen-bond donors (Lipinski definition) is 0. The van der Waals surface area contributed by atoms with Crippen molar-refractivity contribution in [3.63, 3.8) is 0 Å². The van der Waals surface area contributed by atoms with Gasteiger partial charge in [-0.05, 0) is 39.2 Å². The molecule has 0 spiro atoms. The number of ketones is 1. The highest BCUT2D eigenvalue weighted by Crippen LogP contribution is 2.53. The Bertz CT molecular complexity index is 354. The van der Waals surface area contributed by atoms with Gasteiger partial charge in [-0.2, -0.15) is 0 Å². The van der Waals surface area contributed by atoms with Crippen LogP contribution in [-0.4, -0.2) is 5.78 Å². The van der Waals surface area contributed by atoms with Crippen molar-refractivity contribution in [2.75, 3.05) is 0 Å². The molecule has 1 saturated carbocycles. The summed E-state index contributed by atoms with van der Waals surface area (Å²) in [6, 6.07) is 1.94. The fourth-order valence-electron chi connectivity index (χ4n) is 1.54. The van der Waals surface area contributed by atoms with Crippen LogP contribution < -0.4 is 0 Å². The van der Waals surface area contributed by atoms with Crippen molar-refractivity contribution in [3.05, 3.63) is 20.8 Å². The molecule has 3 heteroatoms. The van der Waals surface area contributed by atoms with E-state index in [1.807, 2.05) is 11.4 Å². The Morgan fingerprint density at radius 1 is 1.69 bits per heavy atom. The van der Waals surface area contributed by atoms with E-state index in [1.54, 1.807) is 0 Å². The Morgan fingerprint density at radius 2 is 2.31 bits per heavy atom. The fraction of sp³-hybridized carbons (Fsp3) is 0.500. The van der Waals surface area contributed by atoms with Crippen molar-refractivity contribution in [2.45, 2.75) is 20.3 Å². The Labute approximate surface area is 90.3 Å². The third-order valence-electron chi connectivity index (χ3n) is 2.67. The average Bonchev–Trinajstić information content (AvgIpc) is 2.49. The van der Waals surface area contributed by atoms with Gasteiger partial charge in [-0.1, -0.05) is 13.8 Å². The summed E-state index contributed by atoms with van der Waals surface area (Å²) in [6.45, 7) is 4.30. The molecule has 1 unspecified atom stereocenters. The van der Waals surface area contributed by atoms with E-state index in [0.717, 1.165) is 15.8 Å². The van der Waals surface area contributed by atoms with Gasteiger partial charge < -0.3 is 0 Å². The highest BCUT2D eigenvalue weighted by atomic mass is 79.9. The monoisotopic (exact) mass is 258 g/mol. The van der Waals surface area contributed by atoms with Crippen molar-refractivity contribution in [3.8, 4) is 0 Å². The highest BCUT2D eigenvalue weighted by molar-refractivity contribution is 9.10. The molecule has 0 radical (unpaired) electrons. The first-order chi connectivity index (χ1) is 6.02. The number of rotatable bonds is 2. The van der Waals surface area contributed by atoms with Crippen LogP contribution in [0.25, 0.3) is 0 Å². The van der Waals surface area contributed by atoms with E-state index < -0.39 is 0 Å². The zero-order valence-corrected chi connectivity index (χ0v) is 10.0. The Hall–Kier alpha value is -0.150. The summed E-state index contributed by atoms with van der Waals surface area (Å²) in [5, 5.41) is 1.95. The summed E-state index contributed by atoms with van der Waals surface area (Å²) in [7, 11) is 0. The summed E-state index contributed by atoms with van der Waals surface area (Å²) in [4.78, 5) is 12.8. The first-order valence-electron chi connectivity index (χ1n) is 4.29. The van der Waals surface area contributed by atoms with Gasteiger partial charge in [-0.15, -0.1) is 11.3 Å². The SMILES string of the molecule is CC1(C)CC1C(=O)c1sccc1Br. The number of hydrogen-bond acceptors (Lipinski definition) is 2. The molecule has 1 nitrogen and oxygen atoms in total. The molecule has 0 bridgehead atoms. The van der Waals surface area contributed by atoms with Gasteiger partial charge >= 0.3 is 0 Å². The number of halogens is 1. The minimum atomic E-state index is 0.237. The molecule has 1 aromatic rings. The molecular formula is C10H11BrOS. The van der Waals surface area contributed by atoms with Gasteiger partial charge in [0.15, 0.2) is 5.78 Å². The van der Waals surface area contributed by atoms with E-state index in [0.29, 0.717) is 5.78 Å². The lowest BCUT2D eigenvalue weighted by Gasteiger charge is -2.00. The normalized spacial score (nSPS) is 24.4. The zero-order valence-electron chi connectivity index (χ0n) is 7.63. The second-order valence-corrected chi connectivity index (χ2v) is 5.98. The molecule has 0 aliphatic heterocycles. The van der Waals surface area contributed by atoms with Crippen molar-refractivity contribution >= 4 is 33.0 Å². The Kier molecular flexibility index (Phi) is 2.11. The van der Waals surface area contributed by atoms with Gasteiger partial charge in [0.2, 0.25) is 0 Å². The van der Waals surface area contributed by atoms with E-state index >= 15 is 0 Å². The van der Waals surface area contributed by atoms with Crippen molar-refractivity contribution in [1.82, 2.24) is 0 Å². The topological polar surface area (TPSA) is 17.1 Å².